The maximum absolute atomic E-state index is 13.7. The largest absolute Gasteiger partial charge is 0.480 e. The summed E-state index contributed by atoms with van der Waals surface area (Å²) in [5.41, 5.74) is 0.912. The summed E-state index contributed by atoms with van der Waals surface area (Å²) in [4.78, 5) is 12.4. The first-order chi connectivity index (χ1) is 14.2. The van der Waals surface area contributed by atoms with Crippen molar-refractivity contribution < 1.29 is 27.4 Å². The Balaban J connectivity index is 1.96. The van der Waals surface area contributed by atoms with E-state index in [4.69, 9.17) is 32.7 Å². The van der Waals surface area contributed by atoms with Crippen LogP contribution in [0.3, 0.4) is 0 Å². The van der Waals surface area contributed by atoms with Crippen LogP contribution in [0.15, 0.2) is 42.2 Å². The average Bonchev–Trinajstić information content (AvgIpc) is 3.05. The predicted octanol–water partition coefficient (Wildman–Crippen LogP) is 7.69. The van der Waals surface area contributed by atoms with Crippen LogP contribution in [0.25, 0.3) is 5.57 Å². The number of ether oxygens (including phenoxy) is 2. The van der Waals surface area contributed by atoms with Crippen LogP contribution in [-0.2, 0) is 9.47 Å². The number of hydrogen-bond acceptors (Lipinski definition) is 3. The zero-order valence-electron chi connectivity index (χ0n) is 17.4. The topological polar surface area (TPSA) is 35.5 Å². The highest BCUT2D eigenvalue weighted by Crippen LogP contribution is 2.47. The number of alkyl halides is 3. The first-order valence-electron chi connectivity index (χ1n) is 9.52. The molecule has 1 aliphatic heterocycles. The first-order valence-corrected chi connectivity index (χ1v) is 10.3. The van der Waals surface area contributed by atoms with Crippen LogP contribution in [-0.4, -0.2) is 17.7 Å². The van der Waals surface area contributed by atoms with E-state index in [1.165, 1.54) is 36.4 Å². The molecule has 0 aliphatic carbocycles. The van der Waals surface area contributed by atoms with Gasteiger partial charge in [-0.05, 0) is 68.7 Å². The quantitative estimate of drug-likeness (QED) is 0.429. The normalized spacial score (nSPS) is 17.0. The number of esters is 1. The molecule has 8 heteroatoms. The van der Waals surface area contributed by atoms with Crippen LogP contribution in [0.4, 0.5) is 13.2 Å². The van der Waals surface area contributed by atoms with Crippen molar-refractivity contribution in [1.82, 2.24) is 0 Å². The second-order valence-corrected chi connectivity index (χ2v) is 9.22. The number of benzene rings is 2. The van der Waals surface area contributed by atoms with Gasteiger partial charge in [0.2, 0.25) is 5.76 Å². The molecule has 1 atom stereocenters. The van der Waals surface area contributed by atoms with E-state index in [1.807, 2.05) is 0 Å². The summed E-state index contributed by atoms with van der Waals surface area (Å²) in [5.74, 6) is -1.59. The average molecular weight is 473 g/mol. The van der Waals surface area contributed by atoms with Gasteiger partial charge in [0.15, 0.2) is 0 Å². The number of aryl methyl sites for hydroxylation is 1. The SMILES string of the molecule is Cc1cc(C2=C(C(F)(F)F)OC(c3cc(Cl)cc(Cl)c3)C2)ccc1C(=O)OC(C)(C)C. The smallest absolute Gasteiger partial charge is 0.449 e. The maximum atomic E-state index is 13.7. The summed E-state index contributed by atoms with van der Waals surface area (Å²) < 4.78 is 51.9. The molecule has 1 unspecified atom stereocenters. The van der Waals surface area contributed by atoms with Gasteiger partial charge in [0.05, 0.1) is 5.56 Å². The molecule has 0 radical (unpaired) electrons. The molecule has 0 bridgehead atoms. The third kappa shape index (κ3) is 5.55. The highest BCUT2D eigenvalue weighted by molar-refractivity contribution is 6.34. The van der Waals surface area contributed by atoms with Crippen molar-refractivity contribution in [3.8, 4) is 0 Å². The molecule has 3 rings (SSSR count). The van der Waals surface area contributed by atoms with Crippen molar-refractivity contribution in [3.05, 3.63) is 74.5 Å². The summed E-state index contributed by atoms with van der Waals surface area (Å²) in [7, 11) is 0. The Morgan fingerprint density at radius 3 is 2.19 bits per heavy atom. The van der Waals surface area contributed by atoms with Crippen LogP contribution in [0.5, 0.6) is 0 Å². The molecule has 0 N–H and O–H groups in total. The highest BCUT2D eigenvalue weighted by Gasteiger charge is 2.45. The van der Waals surface area contributed by atoms with Crippen molar-refractivity contribution in [2.75, 3.05) is 0 Å². The zero-order valence-corrected chi connectivity index (χ0v) is 18.9. The van der Waals surface area contributed by atoms with E-state index in [-0.39, 0.29) is 12.0 Å². The molecule has 1 heterocycles. The van der Waals surface area contributed by atoms with Gasteiger partial charge in [0, 0.05) is 22.0 Å². The number of carbonyl (C=O) groups excluding carboxylic acids is 1. The van der Waals surface area contributed by atoms with E-state index < -0.39 is 29.6 Å². The Kier molecular flexibility index (Phi) is 6.36. The van der Waals surface area contributed by atoms with Crippen molar-refractivity contribution in [1.29, 1.82) is 0 Å². The second kappa shape index (κ2) is 8.40. The molecule has 2 aromatic carbocycles. The summed E-state index contributed by atoms with van der Waals surface area (Å²) in [6.07, 6.45) is -5.57. The molecule has 0 amide bonds. The Labute approximate surface area is 188 Å². The fraction of sp³-hybridized carbons (Fsp3) is 0.348. The van der Waals surface area contributed by atoms with E-state index >= 15 is 0 Å². The van der Waals surface area contributed by atoms with E-state index in [2.05, 4.69) is 0 Å². The minimum Gasteiger partial charge on any atom is -0.480 e. The molecule has 1 aliphatic rings. The number of rotatable bonds is 3. The third-order valence-electron chi connectivity index (χ3n) is 4.63. The lowest BCUT2D eigenvalue weighted by atomic mass is 9.94. The van der Waals surface area contributed by atoms with Gasteiger partial charge in [-0.2, -0.15) is 13.2 Å². The molecule has 0 aromatic heterocycles. The van der Waals surface area contributed by atoms with Gasteiger partial charge in [-0.15, -0.1) is 0 Å². The van der Waals surface area contributed by atoms with Crippen LogP contribution >= 0.6 is 23.2 Å². The van der Waals surface area contributed by atoms with E-state index in [1.54, 1.807) is 27.7 Å². The van der Waals surface area contributed by atoms with Gasteiger partial charge in [0.25, 0.3) is 0 Å². The van der Waals surface area contributed by atoms with Crippen molar-refractivity contribution in [2.24, 2.45) is 0 Å². The number of hydrogen-bond donors (Lipinski definition) is 0. The number of allylic oxidation sites excluding steroid dienone is 1. The van der Waals surface area contributed by atoms with E-state index in [0.29, 0.717) is 32.3 Å². The summed E-state index contributed by atoms with van der Waals surface area (Å²) >= 11 is 12.0. The minimum atomic E-state index is -4.68. The Hall–Kier alpha value is -2.18. The van der Waals surface area contributed by atoms with Crippen LogP contribution in [0, 0.1) is 6.92 Å². The lowest BCUT2D eigenvalue weighted by Gasteiger charge is -2.20. The van der Waals surface area contributed by atoms with Gasteiger partial charge in [0.1, 0.15) is 11.7 Å². The fourth-order valence-corrected chi connectivity index (χ4v) is 3.92. The fourth-order valence-electron chi connectivity index (χ4n) is 3.38. The van der Waals surface area contributed by atoms with Gasteiger partial charge in [-0.3, -0.25) is 0 Å². The van der Waals surface area contributed by atoms with E-state index in [9.17, 15) is 18.0 Å². The Morgan fingerprint density at radius 1 is 1.06 bits per heavy atom. The van der Waals surface area contributed by atoms with Crippen molar-refractivity contribution in [3.63, 3.8) is 0 Å². The molecule has 3 nitrogen and oxygen atoms in total. The minimum absolute atomic E-state index is 0.00689. The molecule has 166 valence electrons. The van der Waals surface area contributed by atoms with Gasteiger partial charge in [-0.1, -0.05) is 35.3 Å². The van der Waals surface area contributed by atoms with Gasteiger partial charge < -0.3 is 9.47 Å². The highest BCUT2D eigenvalue weighted by atomic mass is 35.5. The standard InChI is InChI=1S/C23H21Cl2F3O3/c1-12-7-13(5-6-17(12)21(29)31-22(2,3)4)18-11-19(30-20(18)23(26,27)28)14-8-15(24)10-16(25)9-14/h5-10,19H,11H2,1-4H3. The molecule has 0 fully saturated rings. The van der Waals surface area contributed by atoms with Crippen LogP contribution in [0.2, 0.25) is 10.0 Å². The third-order valence-corrected chi connectivity index (χ3v) is 5.07. The summed E-state index contributed by atoms with van der Waals surface area (Å²) in [6.45, 7) is 6.88. The lowest BCUT2D eigenvalue weighted by molar-refractivity contribution is -0.133. The molecule has 2 aromatic rings. The number of halogens is 5. The molecular formula is C23H21Cl2F3O3. The summed E-state index contributed by atoms with van der Waals surface area (Å²) in [6, 6.07) is 9.06. The first kappa shape index (κ1) is 23.5. The molecular weight excluding hydrogens is 452 g/mol. The van der Waals surface area contributed by atoms with Crippen LogP contribution < -0.4 is 0 Å². The molecule has 0 saturated heterocycles. The Morgan fingerprint density at radius 2 is 1.68 bits per heavy atom. The van der Waals surface area contributed by atoms with Crippen molar-refractivity contribution >= 4 is 34.7 Å². The van der Waals surface area contributed by atoms with Crippen molar-refractivity contribution in [2.45, 2.75) is 52.0 Å². The van der Waals surface area contributed by atoms with Gasteiger partial charge >= 0.3 is 12.1 Å². The zero-order chi connectivity index (χ0) is 23.1. The maximum Gasteiger partial charge on any atom is 0.449 e. The second-order valence-electron chi connectivity index (χ2n) is 8.35. The lowest BCUT2D eigenvalue weighted by Crippen LogP contribution is -2.24. The molecule has 0 spiro atoms. The Bertz CT molecular complexity index is 1030. The van der Waals surface area contributed by atoms with Gasteiger partial charge in [-0.25, -0.2) is 4.79 Å². The monoisotopic (exact) mass is 472 g/mol. The molecule has 31 heavy (non-hydrogen) atoms. The number of carbonyl (C=O) groups is 1. The predicted molar refractivity (Wildman–Crippen MR) is 114 cm³/mol. The molecule has 0 saturated carbocycles. The summed E-state index contributed by atoms with van der Waals surface area (Å²) in [5, 5.41) is 0.622. The van der Waals surface area contributed by atoms with E-state index in [0.717, 1.165) is 0 Å². The van der Waals surface area contributed by atoms with Crippen LogP contribution in [0.1, 0.15) is 60.3 Å².